The molecule has 5 rings (SSSR count). The topological polar surface area (TPSA) is 105 Å². The lowest BCUT2D eigenvalue weighted by Crippen LogP contribution is -2.21. The van der Waals surface area contributed by atoms with Crippen LogP contribution in [0.5, 0.6) is 0 Å². The SMILES string of the molecule is CS(=O)(=O)CCNCc1cccc(-c2ccc3c(Nc4ccc(S(=O)(=O)c5ccccc5)cc4)ccnc3c2)c1. The molecule has 1 heterocycles. The monoisotopic (exact) mass is 571 g/mol. The molecule has 1 aromatic heterocycles. The maximum atomic E-state index is 12.9. The highest BCUT2D eigenvalue weighted by Gasteiger charge is 2.17. The van der Waals surface area contributed by atoms with Crippen LogP contribution in [0.15, 0.2) is 119 Å². The van der Waals surface area contributed by atoms with Gasteiger partial charge in [0.15, 0.2) is 0 Å². The van der Waals surface area contributed by atoms with Gasteiger partial charge in [-0.1, -0.05) is 48.5 Å². The first kappa shape index (κ1) is 27.5. The fourth-order valence-corrected chi connectivity index (χ4v) is 6.19. The highest BCUT2D eigenvalue weighted by molar-refractivity contribution is 7.91. The number of nitrogens with zero attached hydrogens (tertiary/aromatic N) is 1. The average molecular weight is 572 g/mol. The van der Waals surface area contributed by atoms with Gasteiger partial charge in [-0.25, -0.2) is 16.8 Å². The summed E-state index contributed by atoms with van der Waals surface area (Å²) in [6.07, 6.45) is 2.98. The van der Waals surface area contributed by atoms with Gasteiger partial charge in [0.05, 0.1) is 21.1 Å². The summed E-state index contributed by atoms with van der Waals surface area (Å²) in [6.45, 7) is 0.985. The molecule has 0 radical (unpaired) electrons. The second-order valence-electron chi connectivity index (χ2n) is 9.56. The molecule has 0 amide bonds. The first-order chi connectivity index (χ1) is 19.2. The zero-order chi connectivity index (χ0) is 28.2. The van der Waals surface area contributed by atoms with E-state index in [0.717, 1.165) is 39.0 Å². The van der Waals surface area contributed by atoms with Crippen molar-refractivity contribution in [2.75, 3.05) is 23.9 Å². The van der Waals surface area contributed by atoms with Crippen LogP contribution >= 0.6 is 0 Å². The standard InChI is InChI=1S/C31H29N3O4S2/c1-39(35,36)19-18-32-22-23-6-5-7-24(20-23)25-10-15-29-30(16-17-33-31(29)21-25)34-26-11-13-28(14-12-26)40(37,38)27-8-3-2-4-9-27/h2-17,20-21,32H,18-19,22H2,1H3,(H,33,34). The van der Waals surface area contributed by atoms with Gasteiger partial charge in [-0.15, -0.1) is 0 Å². The molecule has 0 saturated carbocycles. The molecule has 9 heteroatoms. The molecule has 0 aliphatic carbocycles. The number of anilines is 2. The van der Waals surface area contributed by atoms with Crippen molar-refractivity contribution < 1.29 is 16.8 Å². The maximum Gasteiger partial charge on any atom is 0.206 e. The number of hydrogen-bond donors (Lipinski definition) is 2. The van der Waals surface area contributed by atoms with Gasteiger partial charge in [-0.2, -0.15) is 0 Å². The van der Waals surface area contributed by atoms with Gasteiger partial charge < -0.3 is 10.6 Å². The van der Waals surface area contributed by atoms with Crippen LogP contribution < -0.4 is 10.6 Å². The van der Waals surface area contributed by atoms with Crippen LogP contribution in [0.25, 0.3) is 22.0 Å². The summed E-state index contributed by atoms with van der Waals surface area (Å²) in [4.78, 5) is 5.07. The number of sulfone groups is 2. The van der Waals surface area contributed by atoms with Crippen LogP contribution in [0.2, 0.25) is 0 Å². The van der Waals surface area contributed by atoms with E-state index in [9.17, 15) is 16.8 Å². The predicted molar refractivity (Wildman–Crippen MR) is 160 cm³/mol. The molecule has 2 N–H and O–H groups in total. The molecule has 0 fully saturated rings. The second-order valence-corrected chi connectivity index (χ2v) is 13.8. The zero-order valence-corrected chi connectivity index (χ0v) is 23.5. The molecular formula is C31H29N3O4S2. The minimum atomic E-state index is -3.58. The van der Waals surface area contributed by atoms with Crippen molar-refractivity contribution in [3.63, 3.8) is 0 Å². The summed E-state index contributed by atoms with van der Waals surface area (Å²) in [5.74, 6) is 0.107. The highest BCUT2D eigenvalue weighted by Crippen LogP contribution is 2.30. The molecule has 5 aromatic rings. The Labute approximate surface area is 234 Å². The number of aromatic nitrogens is 1. The Balaban J connectivity index is 1.33. The summed E-state index contributed by atoms with van der Waals surface area (Å²) < 4.78 is 48.5. The molecule has 0 unspecified atom stereocenters. The molecule has 7 nitrogen and oxygen atoms in total. The molecule has 204 valence electrons. The predicted octanol–water partition coefficient (Wildman–Crippen LogP) is 5.61. The number of hydrogen-bond acceptors (Lipinski definition) is 7. The molecule has 0 atom stereocenters. The van der Waals surface area contributed by atoms with Gasteiger partial charge in [-0.05, 0) is 71.3 Å². The Kier molecular flexibility index (Phi) is 7.97. The Bertz CT molecular complexity index is 1860. The minimum absolute atomic E-state index is 0.107. The number of nitrogens with one attached hydrogen (secondary N) is 2. The first-order valence-corrected chi connectivity index (χ1v) is 16.3. The minimum Gasteiger partial charge on any atom is -0.355 e. The van der Waals surface area contributed by atoms with Crippen LogP contribution in [-0.2, 0) is 26.2 Å². The average Bonchev–Trinajstić information content (AvgIpc) is 2.96. The van der Waals surface area contributed by atoms with Crippen molar-refractivity contribution in [3.05, 3.63) is 115 Å². The highest BCUT2D eigenvalue weighted by atomic mass is 32.2. The smallest absolute Gasteiger partial charge is 0.206 e. The Hall–Kier alpha value is -4.05. The van der Waals surface area contributed by atoms with E-state index in [-0.39, 0.29) is 15.5 Å². The molecule has 0 aliphatic heterocycles. The van der Waals surface area contributed by atoms with Gasteiger partial charge >= 0.3 is 0 Å². The third kappa shape index (κ3) is 6.56. The van der Waals surface area contributed by atoms with Gasteiger partial charge in [-0.3, -0.25) is 4.98 Å². The van der Waals surface area contributed by atoms with E-state index in [4.69, 9.17) is 0 Å². The number of fused-ring (bicyclic) bond motifs is 1. The molecule has 0 spiro atoms. The number of benzene rings is 4. The van der Waals surface area contributed by atoms with Crippen LogP contribution in [0.1, 0.15) is 5.56 Å². The van der Waals surface area contributed by atoms with E-state index >= 15 is 0 Å². The molecular weight excluding hydrogens is 542 g/mol. The quantitative estimate of drug-likeness (QED) is 0.210. The van der Waals surface area contributed by atoms with Gasteiger partial charge in [0.1, 0.15) is 9.84 Å². The molecule has 0 saturated heterocycles. The van der Waals surface area contributed by atoms with E-state index in [1.54, 1.807) is 60.8 Å². The van der Waals surface area contributed by atoms with Crippen molar-refractivity contribution in [2.45, 2.75) is 16.3 Å². The number of rotatable bonds is 10. The van der Waals surface area contributed by atoms with Gasteiger partial charge in [0.2, 0.25) is 9.84 Å². The third-order valence-corrected chi connectivity index (χ3v) is 9.21. The van der Waals surface area contributed by atoms with Gasteiger partial charge in [0.25, 0.3) is 0 Å². The summed E-state index contributed by atoms with van der Waals surface area (Å²) in [7, 11) is -6.57. The summed E-state index contributed by atoms with van der Waals surface area (Å²) >= 11 is 0. The molecule has 0 bridgehead atoms. The Morgan fingerprint density at radius 2 is 1.45 bits per heavy atom. The lowest BCUT2D eigenvalue weighted by molar-refractivity contribution is 0.594. The van der Waals surface area contributed by atoms with Crippen LogP contribution in [0.4, 0.5) is 11.4 Å². The lowest BCUT2D eigenvalue weighted by Gasteiger charge is -2.12. The van der Waals surface area contributed by atoms with Crippen molar-refractivity contribution in [1.82, 2.24) is 10.3 Å². The van der Waals surface area contributed by atoms with Crippen molar-refractivity contribution >= 4 is 42.0 Å². The summed E-state index contributed by atoms with van der Waals surface area (Å²) in [6, 6.07) is 31.2. The van der Waals surface area contributed by atoms with E-state index < -0.39 is 19.7 Å². The molecule has 0 aliphatic rings. The van der Waals surface area contributed by atoms with Crippen LogP contribution in [0.3, 0.4) is 0 Å². The Morgan fingerprint density at radius 3 is 2.20 bits per heavy atom. The van der Waals surface area contributed by atoms with Crippen molar-refractivity contribution in [2.24, 2.45) is 0 Å². The fourth-order valence-electron chi connectivity index (χ4n) is 4.40. The van der Waals surface area contributed by atoms with E-state index in [2.05, 4.69) is 21.7 Å². The third-order valence-electron chi connectivity index (χ3n) is 6.48. The summed E-state index contributed by atoms with van der Waals surface area (Å²) in [5.41, 5.74) is 5.57. The van der Waals surface area contributed by atoms with Crippen LogP contribution in [-0.4, -0.2) is 40.4 Å². The first-order valence-electron chi connectivity index (χ1n) is 12.7. The zero-order valence-electron chi connectivity index (χ0n) is 21.9. The fraction of sp³-hybridized carbons (Fsp3) is 0.129. The van der Waals surface area contributed by atoms with E-state index in [1.807, 2.05) is 42.5 Å². The Morgan fingerprint density at radius 1 is 0.725 bits per heavy atom. The van der Waals surface area contributed by atoms with Crippen molar-refractivity contribution in [1.29, 1.82) is 0 Å². The maximum absolute atomic E-state index is 12.9. The van der Waals surface area contributed by atoms with Crippen LogP contribution in [0, 0.1) is 0 Å². The van der Waals surface area contributed by atoms with Gasteiger partial charge in [0, 0.05) is 42.3 Å². The molecule has 40 heavy (non-hydrogen) atoms. The van der Waals surface area contributed by atoms with E-state index in [1.165, 1.54) is 6.26 Å². The molecule has 4 aromatic carbocycles. The normalized spacial score (nSPS) is 11.9. The van der Waals surface area contributed by atoms with E-state index in [0.29, 0.717) is 13.1 Å². The lowest BCUT2D eigenvalue weighted by atomic mass is 10.0. The second kappa shape index (κ2) is 11.6. The largest absolute Gasteiger partial charge is 0.355 e. The number of pyridine rings is 1. The summed E-state index contributed by atoms with van der Waals surface area (Å²) in [5, 5.41) is 7.51. The van der Waals surface area contributed by atoms with Crippen molar-refractivity contribution in [3.8, 4) is 11.1 Å².